The number of benzene rings is 2. The van der Waals surface area contributed by atoms with Crippen molar-refractivity contribution in [3.8, 4) is 0 Å². The highest BCUT2D eigenvalue weighted by Gasteiger charge is 2.25. The van der Waals surface area contributed by atoms with E-state index in [1.54, 1.807) is 42.7 Å². The molecule has 24 heavy (non-hydrogen) atoms. The van der Waals surface area contributed by atoms with Gasteiger partial charge in [0.1, 0.15) is 5.82 Å². The van der Waals surface area contributed by atoms with Gasteiger partial charge in [0.05, 0.1) is 17.1 Å². The number of hydrogen-bond acceptors (Lipinski definition) is 3. The maximum Gasteiger partial charge on any atom is 0.264 e. The zero-order valence-corrected chi connectivity index (χ0v) is 13.5. The van der Waals surface area contributed by atoms with Crippen LogP contribution >= 0.6 is 0 Å². The van der Waals surface area contributed by atoms with Gasteiger partial charge in [0.2, 0.25) is 0 Å². The van der Waals surface area contributed by atoms with E-state index < -0.39 is 15.8 Å². The molecule has 0 aliphatic heterocycles. The van der Waals surface area contributed by atoms with Crippen LogP contribution in [0, 0.1) is 5.82 Å². The van der Waals surface area contributed by atoms with E-state index in [2.05, 4.69) is 4.98 Å². The van der Waals surface area contributed by atoms with Gasteiger partial charge in [-0.1, -0.05) is 24.3 Å². The molecule has 0 spiro atoms. The van der Waals surface area contributed by atoms with E-state index in [-0.39, 0.29) is 11.4 Å². The third kappa shape index (κ3) is 3.44. The summed E-state index contributed by atoms with van der Waals surface area (Å²) in [5.41, 5.74) is 1.29. The lowest BCUT2D eigenvalue weighted by Crippen LogP contribution is -2.30. The first kappa shape index (κ1) is 16.1. The Morgan fingerprint density at radius 3 is 2.25 bits per heavy atom. The van der Waals surface area contributed by atoms with E-state index in [1.807, 2.05) is 12.1 Å². The molecule has 6 heteroatoms. The summed E-state index contributed by atoms with van der Waals surface area (Å²) in [6, 6.07) is 17.2. The number of aromatic nitrogens is 1. The first-order valence-corrected chi connectivity index (χ1v) is 8.73. The van der Waals surface area contributed by atoms with E-state index in [1.165, 1.54) is 16.4 Å². The smallest absolute Gasteiger partial charge is 0.264 e. The molecular formula is C18H15FN2O2S. The molecule has 0 saturated carbocycles. The van der Waals surface area contributed by atoms with Gasteiger partial charge in [0.15, 0.2) is 0 Å². The van der Waals surface area contributed by atoms with Gasteiger partial charge in [-0.05, 0) is 48.0 Å². The van der Waals surface area contributed by atoms with Gasteiger partial charge < -0.3 is 0 Å². The minimum absolute atomic E-state index is 0.0386. The fraction of sp³-hybridized carbons (Fsp3) is 0.0556. The van der Waals surface area contributed by atoms with E-state index in [0.717, 1.165) is 17.7 Å². The molecule has 1 aromatic heterocycles. The topological polar surface area (TPSA) is 50.3 Å². The fourth-order valence-corrected chi connectivity index (χ4v) is 3.75. The zero-order valence-electron chi connectivity index (χ0n) is 12.7. The Bertz CT molecular complexity index is 899. The highest BCUT2D eigenvalue weighted by atomic mass is 32.2. The number of halogens is 1. The van der Waals surface area contributed by atoms with Crippen LogP contribution in [0.2, 0.25) is 0 Å². The number of para-hydroxylation sites is 1. The van der Waals surface area contributed by atoms with E-state index in [9.17, 15) is 12.8 Å². The van der Waals surface area contributed by atoms with Crippen LogP contribution in [0.1, 0.15) is 5.56 Å². The van der Waals surface area contributed by atoms with E-state index in [4.69, 9.17) is 0 Å². The average molecular weight is 342 g/mol. The van der Waals surface area contributed by atoms with Gasteiger partial charge in [-0.15, -0.1) is 0 Å². The maximum absolute atomic E-state index is 13.1. The molecule has 0 fully saturated rings. The maximum atomic E-state index is 13.1. The van der Waals surface area contributed by atoms with E-state index >= 15 is 0 Å². The average Bonchev–Trinajstić information content (AvgIpc) is 2.61. The van der Waals surface area contributed by atoms with Crippen molar-refractivity contribution in [3.05, 3.63) is 90.5 Å². The van der Waals surface area contributed by atoms with E-state index in [0.29, 0.717) is 5.69 Å². The Morgan fingerprint density at radius 2 is 1.62 bits per heavy atom. The van der Waals surface area contributed by atoms with Gasteiger partial charge in [-0.3, -0.25) is 9.29 Å². The molecule has 4 nitrogen and oxygen atoms in total. The molecule has 0 N–H and O–H groups in total. The van der Waals surface area contributed by atoms with Gasteiger partial charge >= 0.3 is 0 Å². The molecule has 3 rings (SSSR count). The van der Waals surface area contributed by atoms with Gasteiger partial charge in [-0.2, -0.15) is 0 Å². The molecule has 2 aromatic carbocycles. The van der Waals surface area contributed by atoms with Crippen LogP contribution in [-0.4, -0.2) is 13.4 Å². The summed E-state index contributed by atoms with van der Waals surface area (Å²) in [6.07, 6.45) is 3.25. The number of anilines is 1. The first-order valence-electron chi connectivity index (χ1n) is 7.29. The highest BCUT2D eigenvalue weighted by molar-refractivity contribution is 7.92. The molecule has 1 heterocycles. The third-order valence-electron chi connectivity index (χ3n) is 3.49. The Morgan fingerprint density at radius 1 is 0.917 bits per heavy atom. The standard InChI is InChI=1S/C18H15FN2O2S/c19-16-8-10-18(11-9-16)24(22,23)21(17-6-2-1-3-7-17)14-15-5-4-12-20-13-15/h1-13H,14H2. The summed E-state index contributed by atoms with van der Waals surface area (Å²) in [5.74, 6) is -0.479. The predicted molar refractivity (Wildman–Crippen MR) is 90.4 cm³/mol. The number of pyridine rings is 1. The lowest BCUT2D eigenvalue weighted by atomic mass is 10.2. The number of sulfonamides is 1. The van der Waals surface area contributed by atoms with Crippen LogP contribution in [0.5, 0.6) is 0 Å². The summed E-state index contributed by atoms with van der Waals surface area (Å²) in [7, 11) is -3.83. The largest absolute Gasteiger partial charge is 0.264 e. The first-order chi connectivity index (χ1) is 11.6. The zero-order chi connectivity index (χ0) is 17.0. The summed E-state index contributed by atoms with van der Waals surface area (Å²) >= 11 is 0. The van der Waals surface area contributed by atoms with Crippen LogP contribution < -0.4 is 4.31 Å². The van der Waals surface area contributed by atoms with Crippen LogP contribution in [0.15, 0.2) is 84.0 Å². The van der Waals surface area contributed by atoms with Crippen molar-refractivity contribution in [1.82, 2.24) is 4.98 Å². The second-order valence-electron chi connectivity index (χ2n) is 5.16. The van der Waals surface area contributed by atoms with Crippen LogP contribution in [-0.2, 0) is 16.6 Å². The Balaban J connectivity index is 2.05. The molecule has 0 bridgehead atoms. The van der Waals surface area contributed by atoms with Crippen molar-refractivity contribution in [1.29, 1.82) is 0 Å². The lowest BCUT2D eigenvalue weighted by molar-refractivity contribution is 0.589. The van der Waals surface area contributed by atoms with Crippen molar-refractivity contribution >= 4 is 15.7 Å². The predicted octanol–water partition coefficient (Wildman–Crippen LogP) is 3.62. The molecule has 0 amide bonds. The number of rotatable bonds is 5. The van der Waals surface area contributed by atoms with Crippen LogP contribution in [0.25, 0.3) is 0 Å². The Kier molecular flexibility index (Phi) is 4.57. The van der Waals surface area contributed by atoms with Crippen molar-refractivity contribution in [3.63, 3.8) is 0 Å². The van der Waals surface area contributed by atoms with Gasteiger partial charge in [-0.25, -0.2) is 12.8 Å². The number of hydrogen-bond donors (Lipinski definition) is 0. The van der Waals surface area contributed by atoms with Crippen LogP contribution in [0.4, 0.5) is 10.1 Å². The summed E-state index contributed by atoms with van der Waals surface area (Å²) < 4.78 is 40.5. The molecule has 3 aromatic rings. The second kappa shape index (κ2) is 6.80. The summed E-state index contributed by atoms with van der Waals surface area (Å²) in [5, 5.41) is 0. The Hall–Kier alpha value is -2.73. The molecular weight excluding hydrogens is 327 g/mol. The van der Waals surface area contributed by atoms with Crippen LogP contribution in [0.3, 0.4) is 0 Å². The molecule has 122 valence electrons. The monoisotopic (exact) mass is 342 g/mol. The van der Waals surface area contributed by atoms with Gasteiger partial charge in [0.25, 0.3) is 10.0 Å². The molecule has 0 aliphatic carbocycles. The molecule has 0 saturated heterocycles. The minimum Gasteiger partial charge on any atom is -0.264 e. The fourth-order valence-electron chi connectivity index (χ4n) is 2.30. The van der Waals surface area contributed by atoms with Crippen molar-refractivity contribution in [2.45, 2.75) is 11.4 Å². The molecule has 0 atom stereocenters. The summed E-state index contributed by atoms with van der Waals surface area (Å²) in [6.45, 7) is 0.136. The summed E-state index contributed by atoms with van der Waals surface area (Å²) in [4.78, 5) is 4.07. The number of nitrogens with zero attached hydrogens (tertiary/aromatic N) is 2. The lowest BCUT2D eigenvalue weighted by Gasteiger charge is -2.24. The Labute approximate surface area is 140 Å². The SMILES string of the molecule is O=S(=O)(c1ccc(F)cc1)N(Cc1cccnc1)c1ccccc1. The highest BCUT2D eigenvalue weighted by Crippen LogP contribution is 2.25. The quantitative estimate of drug-likeness (QED) is 0.712. The minimum atomic E-state index is -3.83. The van der Waals surface area contributed by atoms with Crippen molar-refractivity contribution in [2.24, 2.45) is 0 Å². The van der Waals surface area contributed by atoms with Gasteiger partial charge in [0, 0.05) is 12.4 Å². The molecule has 0 radical (unpaired) electrons. The normalized spacial score (nSPS) is 11.2. The van der Waals surface area contributed by atoms with Crippen molar-refractivity contribution in [2.75, 3.05) is 4.31 Å². The molecule has 0 unspecified atom stereocenters. The van der Waals surface area contributed by atoms with Crippen molar-refractivity contribution < 1.29 is 12.8 Å². The molecule has 0 aliphatic rings. The second-order valence-corrected chi connectivity index (χ2v) is 7.02. The third-order valence-corrected chi connectivity index (χ3v) is 5.28.